The maximum Gasteiger partial charge on any atom is 0.241 e. The van der Waals surface area contributed by atoms with E-state index >= 15 is 0 Å². The lowest BCUT2D eigenvalue weighted by Crippen LogP contribution is -2.50. The summed E-state index contributed by atoms with van der Waals surface area (Å²) in [6.07, 6.45) is 0. The Balaban J connectivity index is 1.77. The predicted molar refractivity (Wildman–Crippen MR) is 91.1 cm³/mol. The Bertz CT molecular complexity index is 845. The van der Waals surface area contributed by atoms with Gasteiger partial charge in [0.15, 0.2) is 0 Å². The van der Waals surface area contributed by atoms with Crippen LogP contribution in [-0.4, -0.2) is 51.6 Å². The van der Waals surface area contributed by atoms with E-state index in [-0.39, 0.29) is 10.8 Å². The van der Waals surface area contributed by atoms with Crippen molar-refractivity contribution < 1.29 is 17.9 Å². The normalized spacial score (nSPS) is 17.0. The van der Waals surface area contributed by atoms with E-state index in [2.05, 4.69) is 4.72 Å². The topological polar surface area (TPSA) is 75.7 Å². The van der Waals surface area contributed by atoms with Crippen molar-refractivity contribution in [2.75, 3.05) is 26.3 Å². The monoisotopic (exact) mass is 348 g/mol. The van der Waals surface area contributed by atoms with Crippen LogP contribution in [-0.2, 0) is 19.6 Å². The molecule has 0 unspecified atom stereocenters. The van der Waals surface area contributed by atoms with Gasteiger partial charge in [0, 0.05) is 13.1 Å². The molecule has 0 aromatic heterocycles. The average molecular weight is 348 g/mol. The molecule has 1 aliphatic rings. The van der Waals surface area contributed by atoms with Gasteiger partial charge in [-0.15, -0.1) is 0 Å². The van der Waals surface area contributed by atoms with Gasteiger partial charge in [0.1, 0.15) is 0 Å². The van der Waals surface area contributed by atoms with E-state index in [1.54, 1.807) is 30.0 Å². The number of ether oxygens (including phenoxy) is 1. The number of morpholine rings is 1. The number of carbonyl (C=O) groups is 1. The molecule has 7 heteroatoms. The van der Waals surface area contributed by atoms with Crippen molar-refractivity contribution in [2.24, 2.45) is 0 Å². The molecular formula is C17H20N2O4S. The number of fused-ring (bicyclic) bond motifs is 1. The molecule has 1 heterocycles. The second kappa shape index (κ2) is 6.88. The quantitative estimate of drug-likeness (QED) is 0.905. The fourth-order valence-corrected chi connectivity index (χ4v) is 3.98. The Morgan fingerprint density at radius 2 is 1.79 bits per heavy atom. The molecule has 2 aromatic carbocycles. The van der Waals surface area contributed by atoms with E-state index in [1.165, 1.54) is 0 Å². The zero-order valence-corrected chi connectivity index (χ0v) is 14.3. The minimum absolute atomic E-state index is 0.155. The second-order valence-corrected chi connectivity index (χ2v) is 7.50. The van der Waals surface area contributed by atoms with Crippen LogP contribution in [0.2, 0.25) is 0 Å². The van der Waals surface area contributed by atoms with Crippen LogP contribution in [0.15, 0.2) is 47.4 Å². The summed E-state index contributed by atoms with van der Waals surface area (Å²) in [5, 5.41) is 1.81. The van der Waals surface area contributed by atoms with E-state index in [0.717, 1.165) is 10.8 Å². The zero-order chi connectivity index (χ0) is 17.2. The molecule has 1 aliphatic heterocycles. The van der Waals surface area contributed by atoms with Gasteiger partial charge < -0.3 is 9.64 Å². The Labute approximate surface area is 141 Å². The minimum atomic E-state index is -3.76. The highest BCUT2D eigenvalue weighted by Crippen LogP contribution is 2.19. The van der Waals surface area contributed by atoms with Crippen molar-refractivity contribution in [2.45, 2.75) is 17.9 Å². The van der Waals surface area contributed by atoms with Gasteiger partial charge in [-0.3, -0.25) is 4.79 Å². The van der Waals surface area contributed by atoms with Gasteiger partial charge in [0.25, 0.3) is 0 Å². The number of hydrogen-bond donors (Lipinski definition) is 1. The Morgan fingerprint density at radius 3 is 2.50 bits per heavy atom. The van der Waals surface area contributed by atoms with Gasteiger partial charge in [-0.1, -0.05) is 30.3 Å². The first-order valence-corrected chi connectivity index (χ1v) is 9.33. The average Bonchev–Trinajstić information content (AvgIpc) is 2.61. The number of hydrogen-bond acceptors (Lipinski definition) is 4. The summed E-state index contributed by atoms with van der Waals surface area (Å²) >= 11 is 0. The third kappa shape index (κ3) is 3.58. The molecule has 24 heavy (non-hydrogen) atoms. The third-order valence-electron chi connectivity index (χ3n) is 4.06. The summed E-state index contributed by atoms with van der Waals surface area (Å²) < 4.78 is 32.8. The van der Waals surface area contributed by atoms with Crippen molar-refractivity contribution in [1.29, 1.82) is 0 Å². The number of rotatable bonds is 4. The van der Waals surface area contributed by atoms with Gasteiger partial charge in [-0.05, 0) is 29.8 Å². The molecule has 2 aromatic rings. The van der Waals surface area contributed by atoms with Crippen LogP contribution in [0.25, 0.3) is 10.8 Å². The molecule has 0 saturated carbocycles. The highest BCUT2D eigenvalue weighted by molar-refractivity contribution is 7.89. The maximum atomic E-state index is 12.6. The number of amides is 1. The summed E-state index contributed by atoms with van der Waals surface area (Å²) in [5.74, 6) is -0.234. The van der Waals surface area contributed by atoms with Gasteiger partial charge in [-0.25, -0.2) is 8.42 Å². The number of carbonyl (C=O) groups excluding carboxylic acids is 1. The minimum Gasteiger partial charge on any atom is -0.378 e. The molecule has 1 saturated heterocycles. The Kier molecular flexibility index (Phi) is 4.84. The summed E-state index contributed by atoms with van der Waals surface area (Å²) in [6, 6.07) is 11.6. The van der Waals surface area contributed by atoms with Crippen LogP contribution in [0.5, 0.6) is 0 Å². The standard InChI is InChI=1S/C17H20N2O4S/c1-13(17(20)19-8-10-23-11-9-19)18-24(21,22)16-7-6-14-4-2-3-5-15(14)12-16/h2-7,12-13,18H,8-11H2,1H3/t13-/m0/s1. The Hall–Kier alpha value is -1.96. The SMILES string of the molecule is C[C@H](NS(=O)(=O)c1ccc2ccccc2c1)C(=O)N1CCOCC1. The molecule has 0 radical (unpaired) electrons. The summed E-state index contributed by atoms with van der Waals surface area (Å²) in [4.78, 5) is 14.1. The number of sulfonamides is 1. The zero-order valence-electron chi connectivity index (χ0n) is 13.4. The second-order valence-electron chi connectivity index (χ2n) is 5.79. The van der Waals surface area contributed by atoms with Crippen LogP contribution in [0, 0.1) is 0 Å². The molecular weight excluding hydrogens is 328 g/mol. The van der Waals surface area contributed by atoms with E-state index < -0.39 is 16.1 Å². The van der Waals surface area contributed by atoms with E-state index in [1.807, 2.05) is 24.3 Å². The molecule has 1 N–H and O–H groups in total. The molecule has 0 aliphatic carbocycles. The fourth-order valence-electron chi connectivity index (χ4n) is 2.74. The van der Waals surface area contributed by atoms with Crippen LogP contribution in [0.1, 0.15) is 6.92 Å². The molecule has 128 valence electrons. The first-order chi connectivity index (χ1) is 11.5. The molecule has 1 fully saturated rings. The largest absolute Gasteiger partial charge is 0.378 e. The third-order valence-corrected chi connectivity index (χ3v) is 5.59. The van der Waals surface area contributed by atoms with Crippen LogP contribution in [0.3, 0.4) is 0 Å². The highest BCUT2D eigenvalue weighted by atomic mass is 32.2. The highest BCUT2D eigenvalue weighted by Gasteiger charge is 2.26. The number of nitrogens with one attached hydrogen (secondary N) is 1. The summed E-state index contributed by atoms with van der Waals surface area (Å²) in [7, 11) is -3.76. The maximum absolute atomic E-state index is 12.6. The van der Waals surface area contributed by atoms with Gasteiger partial charge >= 0.3 is 0 Å². The van der Waals surface area contributed by atoms with Gasteiger partial charge in [0.05, 0.1) is 24.2 Å². The molecule has 0 bridgehead atoms. The van der Waals surface area contributed by atoms with Crippen molar-refractivity contribution in [3.63, 3.8) is 0 Å². The molecule has 1 atom stereocenters. The van der Waals surface area contributed by atoms with E-state index in [0.29, 0.717) is 26.3 Å². The van der Waals surface area contributed by atoms with Crippen LogP contribution >= 0.6 is 0 Å². The molecule has 6 nitrogen and oxygen atoms in total. The fraction of sp³-hybridized carbons (Fsp3) is 0.353. The van der Waals surface area contributed by atoms with Gasteiger partial charge in [-0.2, -0.15) is 4.72 Å². The molecule has 3 rings (SSSR count). The van der Waals surface area contributed by atoms with E-state index in [9.17, 15) is 13.2 Å². The van der Waals surface area contributed by atoms with Crippen molar-refractivity contribution in [3.8, 4) is 0 Å². The lowest BCUT2D eigenvalue weighted by Gasteiger charge is -2.29. The molecule has 1 amide bonds. The lowest BCUT2D eigenvalue weighted by molar-refractivity contribution is -0.136. The number of benzene rings is 2. The Morgan fingerprint density at radius 1 is 1.12 bits per heavy atom. The first kappa shape index (κ1) is 16.9. The van der Waals surface area contributed by atoms with E-state index in [4.69, 9.17) is 4.74 Å². The van der Waals surface area contributed by atoms with Crippen molar-refractivity contribution in [1.82, 2.24) is 9.62 Å². The lowest BCUT2D eigenvalue weighted by atomic mass is 10.1. The smallest absolute Gasteiger partial charge is 0.241 e. The van der Waals surface area contributed by atoms with Gasteiger partial charge in [0.2, 0.25) is 15.9 Å². The predicted octanol–water partition coefficient (Wildman–Crippen LogP) is 1.37. The van der Waals surface area contributed by atoms with Crippen molar-refractivity contribution >= 4 is 26.7 Å². The molecule has 0 spiro atoms. The number of nitrogens with zero attached hydrogens (tertiary/aromatic N) is 1. The first-order valence-electron chi connectivity index (χ1n) is 7.85. The summed E-state index contributed by atoms with van der Waals surface area (Å²) in [6.45, 7) is 3.50. The van der Waals surface area contributed by atoms with Crippen LogP contribution in [0.4, 0.5) is 0 Å². The van der Waals surface area contributed by atoms with Crippen LogP contribution < -0.4 is 4.72 Å². The summed E-state index contributed by atoms with van der Waals surface area (Å²) in [5.41, 5.74) is 0. The van der Waals surface area contributed by atoms with Crippen molar-refractivity contribution in [3.05, 3.63) is 42.5 Å².